The van der Waals surface area contributed by atoms with Crippen LogP contribution in [0.2, 0.25) is 0 Å². The normalized spacial score (nSPS) is 15.5. The number of aromatic hydroxyl groups is 1. The maximum Gasteiger partial charge on any atom is 0.293 e. The number of hydrazone groups is 1. The van der Waals surface area contributed by atoms with Crippen LogP contribution in [0.15, 0.2) is 34.0 Å². The van der Waals surface area contributed by atoms with E-state index in [0.29, 0.717) is 23.7 Å². The van der Waals surface area contributed by atoms with Gasteiger partial charge in [-0.15, -0.1) is 5.10 Å². The fraction of sp³-hybridized carbons (Fsp3) is 0.368. The predicted octanol–water partition coefficient (Wildman–Crippen LogP) is 0.934. The molecular formula is C19H23N9O3. The first-order chi connectivity index (χ1) is 15.0. The highest BCUT2D eigenvalue weighted by Crippen LogP contribution is 2.21. The van der Waals surface area contributed by atoms with Gasteiger partial charge < -0.3 is 10.8 Å². The number of rotatable bonds is 6. The van der Waals surface area contributed by atoms with E-state index in [9.17, 15) is 9.90 Å². The molecule has 1 aliphatic rings. The van der Waals surface area contributed by atoms with Crippen LogP contribution in [0.4, 0.5) is 5.82 Å². The molecule has 1 amide bonds. The summed E-state index contributed by atoms with van der Waals surface area (Å²) >= 11 is 0. The number of hydrogen-bond donors (Lipinski definition) is 3. The lowest BCUT2D eigenvalue weighted by Crippen LogP contribution is -2.34. The smallest absolute Gasteiger partial charge is 0.293 e. The summed E-state index contributed by atoms with van der Waals surface area (Å²) in [6, 6.07) is 6.49. The van der Waals surface area contributed by atoms with Crippen LogP contribution in [0.3, 0.4) is 0 Å². The summed E-state index contributed by atoms with van der Waals surface area (Å²) in [4.78, 5) is 15.0. The Morgan fingerprint density at radius 2 is 2.19 bits per heavy atom. The number of phenolic OH excluding ortho intramolecular Hbond substituents is 1. The number of hydrogen-bond acceptors (Lipinski definition) is 10. The van der Waals surface area contributed by atoms with Crippen molar-refractivity contribution in [1.82, 2.24) is 35.6 Å². The molecule has 0 atom stereocenters. The Morgan fingerprint density at radius 1 is 1.39 bits per heavy atom. The molecule has 12 heteroatoms. The highest BCUT2D eigenvalue weighted by atomic mass is 16.6. The molecule has 1 aromatic carbocycles. The van der Waals surface area contributed by atoms with E-state index in [0.717, 1.165) is 25.9 Å². The standard InChI is InChI=1S/C19H23N9O3/c1-12-5-7-27(8-6-12)11-15-16(22-26-28(15)18-17(20)24-31-25-18)19(30)23-21-10-13-3-2-4-14(29)9-13/h2-4,9-10,12,29H,5-8,11H2,1H3,(H2,20,24)(H,23,30). The Morgan fingerprint density at radius 3 is 2.90 bits per heavy atom. The quantitative estimate of drug-likeness (QED) is 0.385. The number of piperidine rings is 1. The van der Waals surface area contributed by atoms with Crippen LogP contribution in [0.5, 0.6) is 5.75 Å². The van der Waals surface area contributed by atoms with Gasteiger partial charge in [-0.1, -0.05) is 24.3 Å². The molecule has 0 bridgehead atoms. The van der Waals surface area contributed by atoms with Gasteiger partial charge in [0.1, 0.15) is 5.75 Å². The second kappa shape index (κ2) is 8.92. The number of carbonyl (C=O) groups excluding carboxylic acids is 1. The van der Waals surface area contributed by atoms with Gasteiger partial charge in [-0.3, -0.25) is 9.69 Å². The van der Waals surface area contributed by atoms with Crippen LogP contribution in [0.1, 0.15) is 41.5 Å². The molecule has 1 saturated heterocycles. The van der Waals surface area contributed by atoms with E-state index >= 15 is 0 Å². The van der Waals surface area contributed by atoms with Crippen LogP contribution < -0.4 is 11.2 Å². The predicted molar refractivity (Wildman–Crippen MR) is 110 cm³/mol. The molecular weight excluding hydrogens is 402 g/mol. The molecule has 4 N–H and O–H groups in total. The Hall–Kier alpha value is -3.80. The zero-order chi connectivity index (χ0) is 21.8. The van der Waals surface area contributed by atoms with Crippen LogP contribution in [-0.2, 0) is 6.54 Å². The molecule has 1 aliphatic heterocycles. The van der Waals surface area contributed by atoms with Gasteiger partial charge in [-0.05, 0) is 59.9 Å². The molecule has 3 aromatic rings. The molecule has 162 valence electrons. The summed E-state index contributed by atoms with van der Waals surface area (Å²) in [7, 11) is 0. The third kappa shape index (κ3) is 4.69. The summed E-state index contributed by atoms with van der Waals surface area (Å²) < 4.78 is 6.05. The third-order valence-corrected chi connectivity index (χ3v) is 5.17. The lowest BCUT2D eigenvalue weighted by atomic mass is 9.99. The van der Waals surface area contributed by atoms with Crippen molar-refractivity contribution in [3.63, 3.8) is 0 Å². The summed E-state index contributed by atoms with van der Waals surface area (Å²) in [6.07, 6.45) is 3.57. The van der Waals surface area contributed by atoms with E-state index in [1.54, 1.807) is 18.2 Å². The highest BCUT2D eigenvalue weighted by molar-refractivity contribution is 5.94. The molecule has 0 aliphatic carbocycles. The van der Waals surface area contributed by atoms with Crippen molar-refractivity contribution in [2.24, 2.45) is 11.0 Å². The number of anilines is 1. The Balaban J connectivity index is 1.56. The molecule has 0 saturated carbocycles. The fourth-order valence-electron chi connectivity index (χ4n) is 3.38. The average Bonchev–Trinajstić information content (AvgIpc) is 3.35. The van der Waals surface area contributed by atoms with Crippen molar-refractivity contribution in [2.45, 2.75) is 26.3 Å². The summed E-state index contributed by atoms with van der Waals surface area (Å²) in [5.41, 5.74) is 9.52. The van der Waals surface area contributed by atoms with E-state index in [-0.39, 0.29) is 23.1 Å². The Kier molecular flexibility index (Phi) is 5.89. The molecule has 3 heterocycles. The number of benzene rings is 1. The minimum atomic E-state index is -0.530. The molecule has 0 radical (unpaired) electrons. The van der Waals surface area contributed by atoms with Crippen molar-refractivity contribution >= 4 is 17.9 Å². The number of phenols is 1. The van der Waals surface area contributed by atoms with Crippen LogP contribution in [-0.4, -0.2) is 60.5 Å². The van der Waals surface area contributed by atoms with Crippen molar-refractivity contribution in [3.8, 4) is 11.6 Å². The first-order valence-electron chi connectivity index (χ1n) is 9.89. The first-order valence-corrected chi connectivity index (χ1v) is 9.89. The summed E-state index contributed by atoms with van der Waals surface area (Å²) in [5.74, 6) is 0.472. The van der Waals surface area contributed by atoms with E-state index < -0.39 is 5.91 Å². The van der Waals surface area contributed by atoms with E-state index in [1.165, 1.54) is 17.0 Å². The molecule has 0 unspecified atom stereocenters. The maximum absolute atomic E-state index is 12.8. The van der Waals surface area contributed by atoms with Gasteiger partial charge in [0.15, 0.2) is 5.69 Å². The highest BCUT2D eigenvalue weighted by Gasteiger charge is 2.26. The molecule has 0 spiro atoms. The monoisotopic (exact) mass is 425 g/mol. The van der Waals surface area contributed by atoms with Gasteiger partial charge >= 0.3 is 0 Å². The Bertz CT molecular complexity index is 1080. The SMILES string of the molecule is CC1CCN(Cc2c(C(=O)NN=Cc3cccc(O)c3)nnn2-c2nonc2N)CC1. The van der Waals surface area contributed by atoms with Crippen LogP contribution >= 0.6 is 0 Å². The minimum absolute atomic E-state index is 0.0484. The van der Waals surface area contributed by atoms with Crippen LogP contribution in [0.25, 0.3) is 5.82 Å². The fourth-order valence-corrected chi connectivity index (χ4v) is 3.38. The number of nitrogen functional groups attached to an aromatic ring is 1. The molecule has 1 fully saturated rings. The van der Waals surface area contributed by atoms with Crippen molar-refractivity contribution < 1.29 is 14.5 Å². The number of likely N-dealkylation sites (tertiary alicyclic amines) is 1. The van der Waals surface area contributed by atoms with Crippen LogP contribution in [0, 0.1) is 5.92 Å². The van der Waals surface area contributed by atoms with Gasteiger partial charge in [0.25, 0.3) is 5.91 Å². The number of nitrogens with zero attached hydrogens (tertiary/aromatic N) is 7. The second-order valence-electron chi connectivity index (χ2n) is 7.52. The minimum Gasteiger partial charge on any atom is -0.508 e. The van der Waals surface area contributed by atoms with Crippen molar-refractivity contribution in [1.29, 1.82) is 0 Å². The zero-order valence-electron chi connectivity index (χ0n) is 17.0. The van der Waals surface area contributed by atoms with Gasteiger partial charge in [0, 0.05) is 6.54 Å². The number of carbonyl (C=O) groups is 1. The van der Waals surface area contributed by atoms with Gasteiger partial charge in [0.2, 0.25) is 11.6 Å². The van der Waals surface area contributed by atoms with E-state index in [4.69, 9.17) is 5.73 Å². The summed E-state index contributed by atoms with van der Waals surface area (Å²) in [5, 5.41) is 28.9. The zero-order valence-corrected chi connectivity index (χ0v) is 17.0. The first kappa shape index (κ1) is 20.5. The van der Waals surface area contributed by atoms with Gasteiger partial charge in [-0.25, -0.2) is 10.1 Å². The van der Waals surface area contributed by atoms with Crippen molar-refractivity contribution in [2.75, 3.05) is 18.8 Å². The van der Waals surface area contributed by atoms with Gasteiger partial charge in [-0.2, -0.15) is 9.78 Å². The number of aromatic nitrogens is 5. The number of nitrogens with two attached hydrogens (primary N) is 1. The number of amides is 1. The lowest BCUT2D eigenvalue weighted by molar-refractivity contribution is 0.0947. The maximum atomic E-state index is 12.8. The Labute approximate surface area is 177 Å². The second-order valence-corrected chi connectivity index (χ2v) is 7.52. The molecule has 12 nitrogen and oxygen atoms in total. The van der Waals surface area contributed by atoms with Crippen molar-refractivity contribution in [3.05, 3.63) is 41.2 Å². The van der Waals surface area contributed by atoms with E-state index in [2.05, 4.69) is 47.6 Å². The number of nitrogens with one attached hydrogen (secondary N) is 1. The summed E-state index contributed by atoms with van der Waals surface area (Å²) in [6.45, 7) is 4.46. The largest absolute Gasteiger partial charge is 0.508 e. The lowest BCUT2D eigenvalue weighted by Gasteiger charge is -2.30. The average molecular weight is 425 g/mol. The molecule has 4 rings (SSSR count). The molecule has 2 aromatic heterocycles. The van der Waals surface area contributed by atoms with E-state index in [1.807, 2.05) is 0 Å². The third-order valence-electron chi connectivity index (χ3n) is 5.17. The molecule has 31 heavy (non-hydrogen) atoms. The topological polar surface area (TPSA) is 161 Å². The van der Waals surface area contributed by atoms with Gasteiger partial charge in [0.05, 0.1) is 11.9 Å².